The van der Waals surface area contributed by atoms with E-state index in [1.165, 1.54) is 17.0 Å². The van der Waals surface area contributed by atoms with Gasteiger partial charge in [0.25, 0.3) is 10.0 Å². The molecule has 43 heavy (non-hydrogen) atoms. The SMILES string of the molecule is CC(C)CNC(=O)[C@@H](C)N(Cc1ccccc1)C(=O)CN(c1ccc(Oc2ccccc2)cc1)S(=O)(=O)c1ccccc1. The quantitative estimate of drug-likeness (QED) is 0.208. The van der Waals surface area contributed by atoms with Gasteiger partial charge in [0, 0.05) is 13.1 Å². The topological polar surface area (TPSA) is 96.0 Å². The molecule has 1 N–H and O–H groups in total. The highest BCUT2D eigenvalue weighted by Gasteiger charge is 2.32. The van der Waals surface area contributed by atoms with Crippen LogP contribution in [0.25, 0.3) is 0 Å². The Hall–Kier alpha value is -4.63. The molecule has 0 saturated heterocycles. The van der Waals surface area contributed by atoms with Crippen LogP contribution in [0.5, 0.6) is 11.5 Å². The zero-order valence-corrected chi connectivity index (χ0v) is 25.4. The Balaban J connectivity index is 1.67. The summed E-state index contributed by atoms with van der Waals surface area (Å²) in [4.78, 5) is 28.6. The van der Waals surface area contributed by atoms with E-state index in [2.05, 4.69) is 5.32 Å². The Morgan fingerprint density at radius 3 is 1.86 bits per heavy atom. The van der Waals surface area contributed by atoms with Gasteiger partial charge in [-0.2, -0.15) is 0 Å². The predicted octanol–water partition coefficient (Wildman–Crippen LogP) is 5.86. The molecule has 0 aliphatic carbocycles. The second-order valence-corrected chi connectivity index (χ2v) is 12.4. The van der Waals surface area contributed by atoms with Gasteiger partial charge < -0.3 is 15.0 Å². The Labute approximate surface area is 254 Å². The average Bonchev–Trinajstić information content (AvgIpc) is 3.02. The third-order valence-electron chi connectivity index (χ3n) is 6.76. The van der Waals surface area contributed by atoms with Crippen LogP contribution in [0.4, 0.5) is 5.69 Å². The number of carbonyl (C=O) groups excluding carboxylic acids is 2. The van der Waals surface area contributed by atoms with Crippen molar-refractivity contribution in [3.05, 3.63) is 121 Å². The second kappa shape index (κ2) is 14.5. The number of rotatable bonds is 13. The van der Waals surface area contributed by atoms with Crippen molar-refractivity contribution in [2.75, 3.05) is 17.4 Å². The third kappa shape index (κ3) is 8.45. The summed E-state index contributed by atoms with van der Waals surface area (Å²) in [6.07, 6.45) is 0. The average molecular weight is 600 g/mol. The molecule has 1 atom stereocenters. The summed E-state index contributed by atoms with van der Waals surface area (Å²) in [5.74, 6) is 0.563. The predicted molar refractivity (Wildman–Crippen MR) is 168 cm³/mol. The molecule has 224 valence electrons. The first-order chi connectivity index (χ1) is 20.6. The minimum Gasteiger partial charge on any atom is -0.457 e. The molecule has 0 fully saturated rings. The summed E-state index contributed by atoms with van der Waals surface area (Å²) in [5, 5.41) is 2.89. The van der Waals surface area contributed by atoms with Gasteiger partial charge in [-0.25, -0.2) is 8.42 Å². The first-order valence-electron chi connectivity index (χ1n) is 14.2. The zero-order valence-electron chi connectivity index (χ0n) is 24.6. The molecular formula is C34H37N3O5S. The van der Waals surface area contributed by atoms with E-state index in [1.54, 1.807) is 49.4 Å². The number of hydrogen-bond acceptors (Lipinski definition) is 5. The van der Waals surface area contributed by atoms with Gasteiger partial charge >= 0.3 is 0 Å². The monoisotopic (exact) mass is 599 g/mol. The summed E-state index contributed by atoms with van der Waals surface area (Å²) in [5.41, 5.74) is 1.11. The lowest BCUT2D eigenvalue weighted by Crippen LogP contribution is -2.51. The molecule has 0 aromatic heterocycles. The van der Waals surface area contributed by atoms with Crippen LogP contribution in [-0.4, -0.2) is 44.3 Å². The smallest absolute Gasteiger partial charge is 0.264 e. The van der Waals surface area contributed by atoms with Crippen molar-refractivity contribution < 1.29 is 22.7 Å². The number of para-hydroxylation sites is 1. The number of hydrogen-bond donors (Lipinski definition) is 1. The van der Waals surface area contributed by atoms with Gasteiger partial charge in [-0.05, 0) is 66.9 Å². The molecule has 0 unspecified atom stereocenters. The number of benzene rings is 4. The summed E-state index contributed by atoms with van der Waals surface area (Å²) in [7, 11) is -4.15. The van der Waals surface area contributed by atoms with Crippen molar-refractivity contribution in [3.8, 4) is 11.5 Å². The Kier molecular flexibility index (Phi) is 10.6. The summed E-state index contributed by atoms with van der Waals surface area (Å²) in [6, 6.07) is 32.2. The second-order valence-electron chi connectivity index (χ2n) is 10.6. The lowest BCUT2D eigenvalue weighted by atomic mass is 10.1. The lowest BCUT2D eigenvalue weighted by molar-refractivity contribution is -0.139. The van der Waals surface area contributed by atoms with Gasteiger partial charge in [0.05, 0.1) is 10.6 Å². The van der Waals surface area contributed by atoms with Crippen molar-refractivity contribution in [3.63, 3.8) is 0 Å². The molecule has 8 nitrogen and oxygen atoms in total. The molecule has 4 aromatic rings. The van der Waals surface area contributed by atoms with E-state index in [4.69, 9.17) is 4.74 Å². The highest BCUT2D eigenvalue weighted by molar-refractivity contribution is 7.92. The van der Waals surface area contributed by atoms with Gasteiger partial charge in [0.15, 0.2) is 0 Å². The molecule has 0 bridgehead atoms. The molecule has 4 rings (SSSR count). The highest BCUT2D eigenvalue weighted by atomic mass is 32.2. The summed E-state index contributed by atoms with van der Waals surface area (Å²) in [6.45, 7) is 5.72. The van der Waals surface area contributed by atoms with Crippen LogP contribution < -0.4 is 14.4 Å². The van der Waals surface area contributed by atoms with E-state index in [1.807, 2.05) is 74.5 Å². The summed E-state index contributed by atoms with van der Waals surface area (Å²) < 4.78 is 34.9. The molecule has 0 saturated carbocycles. The molecule has 0 radical (unpaired) electrons. The number of anilines is 1. The fourth-order valence-electron chi connectivity index (χ4n) is 4.37. The van der Waals surface area contributed by atoms with Crippen LogP contribution in [0.2, 0.25) is 0 Å². The van der Waals surface area contributed by atoms with Crippen molar-refractivity contribution in [1.29, 1.82) is 0 Å². The number of sulfonamides is 1. The minimum absolute atomic E-state index is 0.0461. The molecule has 2 amide bonds. The first-order valence-corrected chi connectivity index (χ1v) is 15.6. The Morgan fingerprint density at radius 1 is 0.744 bits per heavy atom. The molecule has 0 aliphatic heterocycles. The van der Waals surface area contributed by atoms with Gasteiger partial charge in [0.2, 0.25) is 11.8 Å². The van der Waals surface area contributed by atoms with Crippen molar-refractivity contribution >= 4 is 27.5 Å². The Bertz CT molecular complexity index is 1580. The Morgan fingerprint density at radius 2 is 1.28 bits per heavy atom. The van der Waals surface area contributed by atoms with Crippen LogP contribution >= 0.6 is 0 Å². The van der Waals surface area contributed by atoms with Gasteiger partial charge in [-0.1, -0.05) is 80.6 Å². The first kappa shape index (κ1) is 31.3. The van der Waals surface area contributed by atoms with Crippen LogP contribution in [0, 0.1) is 5.92 Å². The maximum atomic E-state index is 14.0. The highest BCUT2D eigenvalue weighted by Crippen LogP contribution is 2.28. The molecule has 0 aliphatic rings. The van der Waals surface area contributed by atoms with Crippen LogP contribution in [0.15, 0.2) is 120 Å². The van der Waals surface area contributed by atoms with E-state index in [9.17, 15) is 18.0 Å². The molecule has 4 aromatic carbocycles. The van der Waals surface area contributed by atoms with Gasteiger partial charge in [-0.15, -0.1) is 0 Å². The standard InChI is InChI=1S/C34H37N3O5S/c1-26(2)23-35-34(39)27(3)36(24-28-13-7-4-8-14-28)33(38)25-37(43(40,41)32-17-11-6-12-18-32)29-19-21-31(22-20-29)42-30-15-9-5-10-16-30/h4-22,26-27H,23-25H2,1-3H3,(H,35,39)/t27-/m1/s1. The number of carbonyl (C=O) groups is 2. The maximum absolute atomic E-state index is 14.0. The van der Waals surface area contributed by atoms with Crippen LogP contribution in [0.1, 0.15) is 26.3 Å². The zero-order chi connectivity index (χ0) is 30.8. The fourth-order valence-corrected chi connectivity index (χ4v) is 5.80. The lowest BCUT2D eigenvalue weighted by Gasteiger charge is -2.32. The van der Waals surface area contributed by atoms with Crippen LogP contribution in [-0.2, 0) is 26.2 Å². The van der Waals surface area contributed by atoms with E-state index in [-0.39, 0.29) is 29.0 Å². The third-order valence-corrected chi connectivity index (χ3v) is 8.55. The van der Waals surface area contributed by atoms with E-state index in [0.717, 1.165) is 9.87 Å². The normalized spacial score (nSPS) is 11.9. The van der Waals surface area contributed by atoms with Gasteiger partial charge in [-0.3, -0.25) is 13.9 Å². The number of nitrogens with one attached hydrogen (secondary N) is 1. The van der Waals surface area contributed by atoms with Crippen molar-refractivity contribution in [2.45, 2.75) is 38.3 Å². The van der Waals surface area contributed by atoms with E-state index >= 15 is 0 Å². The van der Waals surface area contributed by atoms with E-state index in [0.29, 0.717) is 18.0 Å². The minimum atomic E-state index is -4.15. The number of ether oxygens (including phenoxy) is 1. The van der Waals surface area contributed by atoms with Crippen LogP contribution in [0.3, 0.4) is 0 Å². The maximum Gasteiger partial charge on any atom is 0.264 e. The summed E-state index contributed by atoms with van der Waals surface area (Å²) >= 11 is 0. The largest absolute Gasteiger partial charge is 0.457 e. The van der Waals surface area contributed by atoms with Gasteiger partial charge in [0.1, 0.15) is 24.1 Å². The van der Waals surface area contributed by atoms with E-state index < -0.39 is 28.5 Å². The molecular weight excluding hydrogens is 562 g/mol. The fraction of sp³-hybridized carbons (Fsp3) is 0.235. The number of nitrogens with zero attached hydrogens (tertiary/aromatic N) is 2. The molecule has 9 heteroatoms. The molecule has 0 spiro atoms. The van der Waals surface area contributed by atoms with Crippen molar-refractivity contribution in [1.82, 2.24) is 10.2 Å². The molecule has 0 heterocycles. The number of amides is 2. The van der Waals surface area contributed by atoms with Crippen molar-refractivity contribution in [2.24, 2.45) is 5.92 Å².